The zero-order valence-electron chi connectivity index (χ0n) is 17.5. The quantitative estimate of drug-likeness (QED) is 0.625. The van der Waals surface area contributed by atoms with Gasteiger partial charge in [0.1, 0.15) is 5.75 Å². The lowest BCUT2D eigenvalue weighted by Crippen LogP contribution is -2.41. The molecule has 2 atom stereocenters. The highest BCUT2D eigenvalue weighted by atomic mass is 35.5. The predicted octanol–water partition coefficient (Wildman–Crippen LogP) is 4.27. The van der Waals surface area contributed by atoms with Crippen molar-refractivity contribution < 1.29 is 9.53 Å². The van der Waals surface area contributed by atoms with Crippen molar-refractivity contribution in [3.05, 3.63) is 65.7 Å². The summed E-state index contributed by atoms with van der Waals surface area (Å²) in [6, 6.07) is 17.7. The minimum Gasteiger partial charge on any atom is -0.496 e. The number of carbonyl (C=O) groups excluding carboxylic acids is 1. The van der Waals surface area contributed by atoms with E-state index in [0.717, 1.165) is 30.0 Å². The molecule has 1 saturated heterocycles. The molecular formula is C23H33Cl2N3O2. The Morgan fingerprint density at radius 2 is 1.67 bits per heavy atom. The average Bonchev–Trinajstić information content (AvgIpc) is 2.75. The number of carbonyl (C=O) groups is 1. The second kappa shape index (κ2) is 13.5. The average molecular weight is 454 g/mol. The second-order valence-corrected chi connectivity index (χ2v) is 7.38. The van der Waals surface area contributed by atoms with Crippen LogP contribution in [0.25, 0.3) is 0 Å². The predicted molar refractivity (Wildman–Crippen MR) is 127 cm³/mol. The van der Waals surface area contributed by atoms with E-state index in [1.54, 1.807) is 7.11 Å². The van der Waals surface area contributed by atoms with Gasteiger partial charge in [0, 0.05) is 24.6 Å². The van der Waals surface area contributed by atoms with E-state index >= 15 is 0 Å². The van der Waals surface area contributed by atoms with Crippen LogP contribution in [-0.4, -0.2) is 37.6 Å². The number of ether oxygens (including phenoxy) is 1. The zero-order valence-corrected chi connectivity index (χ0v) is 19.1. The van der Waals surface area contributed by atoms with Gasteiger partial charge in [-0.1, -0.05) is 55.0 Å². The number of nitrogens with one attached hydrogen (secondary N) is 1. The Morgan fingerprint density at radius 1 is 1.03 bits per heavy atom. The van der Waals surface area contributed by atoms with Crippen molar-refractivity contribution in [2.24, 2.45) is 5.73 Å². The molecule has 0 bridgehead atoms. The molecule has 1 aliphatic rings. The Balaban J connectivity index is 0.00000225. The van der Waals surface area contributed by atoms with E-state index in [2.05, 4.69) is 16.3 Å². The molecule has 0 aliphatic carbocycles. The van der Waals surface area contributed by atoms with Crippen LogP contribution in [0.15, 0.2) is 54.6 Å². The molecule has 0 saturated carbocycles. The van der Waals surface area contributed by atoms with Gasteiger partial charge >= 0.3 is 0 Å². The molecule has 3 N–H and O–H groups in total. The fourth-order valence-corrected chi connectivity index (χ4v) is 3.91. The van der Waals surface area contributed by atoms with Crippen LogP contribution >= 0.6 is 24.8 Å². The van der Waals surface area contributed by atoms with Crippen LogP contribution in [0.2, 0.25) is 0 Å². The van der Waals surface area contributed by atoms with Crippen molar-refractivity contribution in [2.75, 3.05) is 26.7 Å². The maximum absolute atomic E-state index is 12.6. The highest BCUT2D eigenvalue weighted by molar-refractivity contribution is 5.85. The SMILES string of the molecule is COc1ccccc1C(CNC(=O)CC(N)c1ccccc1)N1CCCCC1.Cl.Cl. The first-order valence-corrected chi connectivity index (χ1v) is 10.1. The number of benzene rings is 2. The summed E-state index contributed by atoms with van der Waals surface area (Å²) in [4.78, 5) is 15.0. The highest BCUT2D eigenvalue weighted by Gasteiger charge is 2.25. The normalized spacial score (nSPS) is 15.8. The summed E-state index contributed by atoms with van der Waals surface area (Å²) in [6.45, 7) is 2.64. The van der Waals surface area contributed by atoms with E-state index in [0.29, 0.717) is 6.54 Å². The molecule has 2 aromatic rings. The number of likely N-dealkylation sites (tertiary alicyclic amines) is 1. The van der Waals surface area contributed by atoms with Crippen molar-refractivity contribution in [3.63, 3.8) is 0 Å². The van der Waals surface area contributed by atoms with Gasteiger partial charge in [0.25, 0.3) is 0 Å². The number of para-hydroxylation sites is 1. The van der Waals surface area contributed by atoms with Crippen molar-refractivity contribution >= 4 is 30.7 Å². The molecule has 1 fully saturated rings. The lowest BCUT2D eigenvalue weighted by atomic mass is 10.00. The molecular weight excluding hydrogens is 421 g/mol. The number of nitrogens with zero attached hydrogens (tertiary/aromatic N) is 1. The van der Waals surface area contributed by atoms with Gasteiger partial charge in [-0.3, -0.25) is 9.69 Å². The third-order valence-electron chi connectivity index (χ3n) is 5.45. The van der Waals surface area contributed by atoms with Gasteiger partial charge in [-0.05, 0) is 37.6 Å². The molecule has 5 nitrogen and oxygen atoms in total. The molecule has 0 aromatic heterocycles. The summed E-state index contributed by atoms with van der Waals surface area (Å²) in [5.74, 6) is 0.849. The van der Waals surface area contributed by atoms with E-state index in [-0.39, 0.29) is 49.2 Å². The summed E-state index contributed by atoms with van der Waals surface area (Å²) < 4.78 is 5.59. The monoisotopic (exact) mass is 453 g/mol. The van der Waals surface area contributed by atoms with Gasteiger partial charge in [-0.15, -0.1) is 24.8 Å². The summed E-state index contributed by atoms with van der Waals surface area (Å²) >= 11 is 0. The summed E-state index contributed by atoms with van der Waals surface area (Å²) in [6.07, 6.45) is 3.94. The number of nitrogens with two attached hydrogens (primary N) is 1. The smallest absolute Gasteiger partial charge is 0.221 e. The van der Waals surface area contributed by atoms with Gasteiger partial charge in [-0.25, -0.2) is 0 Å². The number of methoxy groups -OCH3 is 1. The van der Waals surface area contributed by atoms with Crippen LogP contribution in [-0.2, 0) is 4.79 Å². The molecule has 3 rings (SSSR count). The van der Waals surface area contributed by atoms with Gasteiger partial charge in [0.05, 0.1) is 13.2 Å². The van der Waals surface area contributed by atoms with Gasteiger partial charge in [0.15, 0.2) is 0 Å². The second-order valence-electron chi connectivity index (χ2n) is 7.38. The highest BCUT2D eigenvalue weighted by Crippen LogP contribution is 2.31. The van der Waals surface area contributed by atoms with E-state index < -0.39 is 0 Å². The lowest BCUT2D eigenvalue weighted by molar-refractivity contribution is -0.121. The van der Waals surface area contributed by atoms with Crippen molar-refractivity contribution in [1.29, 1.82) is 0 Å². The molecule has 0 radical (unpaired) electrons. The van der Waals surface area contributed by atoms with Crippen LogP contribution in [0.5, 0.6) is 5.75 Å². The van der Waals surface area contributed by atoms with Gasteiger partial charge in [-0.2, -0.15) is 0 Å². The molecule has 1 aliphatic heterocycles. The molecule has 0 spiro atoms. The topological polar surface area (TPSA) is 67.6 Å². The first kappa shape index (κ1) is 26.2. The first-order chi connectivity index (χ1) is 13.7. The van der Waals surface area contributed by atoms with Crippen LogP contribution in [0.4, 0.5) is 0 Å². The minimum absolute atomic E-state index is 0. The molecule has 166 valence electrons. The number of hydrogen-bond donors (Lipinski definition) is 2. The summed E-state index contributed by atoms with van der Waals surface area (Å²) in [5.41, 5.74) is 8.32. The molecule has 7 heteroatoms. The number of halogens is 2. The standard InChI is InChI=1S/C23H31N3O2.2ClH/c1-28-22-13-7-6-12-19(22)21(26-14-8-3-9-15-26)17-25-23(27)16-20(24)18-10-4-2-5-11-18;;/h2,4-7,10-13,20-21H,3,8-9,14-17,24H2,1H3,(H,25,27);2*1H. The third-order valence-corrected chi connectivity index (χ3v) is 5.45. The molecule has 2 aromatic carbocycles. The van der Waals surface area contributed by atoms with Crippen molar-refractivity contribution in [1.82, 2.24) is 10.2 Å². The third kappa shape index (κ3) is 7.17. The van der Waals surface area contributed by atoms with Gasteiger partial charge in [0.2, 0.25) is 5.91 Å². The largest absolute Gasteiger partial charge is 0.496 e. The first-order valence-electron chi connectivity index (χ1n) is 10.1. The van der Waals surface area contributed by atoms with Crippen LogP contribution in [0.1, 0.15) is 48.9 Å². The number of amides is 1. The van der Waals surface area contributed by atoms with Crippen LogP contribution < -0.4 is 15.8 Å². The van der Waals surface area contributed by atoms with E-state index in [1.807, 2.05) is 48.5 Å². The Labute approximate surface area is 192 Å². The lowest BCUT2D eigenvalue weighted by Gasteiger charge is -2.35. The number of rotatable bonds is 8. The maximum atomic E-state index is 12.6. The summed E-state index contributed by atoms with van der Waals surface area (Å²) in [7, 11) is 1.70. The number of piperidine rings is 1. The minimum atomic E-state index is -0.291. The Kier molecular flexibility index (Phi) is 11.8. The Hall–Kier alpha value is -1.79. The van der Waals surface area contributed by atoms with Gasteiger partial charge < -0.3 is 15.8 Å². The van der Waals surface area contributed by atoms with Crippen LogP contribution in [0, 0.1) is 0 Å². The van der Waals surface area contributed by atoms with E-state index in [1.165, 1.54) is 19.3 Å². The van der Waals surface area contributed by atoms with Crippen molar-refractivity contribution in [2.45, 2.75) is 37.8 Å². The fourth-order valence-electron chi connectivity index (χ4n) is 3.91. The van der Waals surface area contributed by atoms with Crippen LogP contribution in [0.3, 0.4) is 0 Å². The van der Waals surface area contributed by atoms with Crippen molar-refractivity contribution in [3.8, 4) is 5.75 Å². The number of hydrogen-bond acceptors (Lipinski definition) is 4. The van der Waals surface area contributed by atoms with E-state index in [9.17, 15) is 4.79 Å². The summed E-state index contributed by atoms with van der Waals surface area (Å²) in [5, 5.41) is 3.11. The molecule has 1 amide bonds. The molecule has 2 unspecified atom stereocenters. The molecule has 1 heterocycles. The maximum Gasteiger partial charge on any atom is 0.221 e. The van der Waals surface area contributed by atoms with E-state index in [4.69, 9.17) is 10.5 Å². The zero-order chi connectivity index (χ0) is 19.8. The Bertz CT molecular complexity index is 755. The molecule has 30 heavy (non-hydrogen) atoms. The fraction of sp³-hybridized carbons (Fsp3) is 0.435. The Morgan fingerprint density at radius 3 is 2.33 bits per heavy atom.